The molecule has 126 valence electrons. The average molecular weight is 419 g/mol. The largest absolute Gasteiger partial charge is 0.356 e. The van der Waals surface area contributed by atoms with E-state index < -0.39 is 0 Å². The zero-order chi connectivity index (χ0) is 15.8. The van der Waals surface area contributed by atoms with E-state index in [-0.39, 0.29) is 24.0 Å². The molecule has 1 heterocycles. The van der Waals surface area contributed by atoms with Crippen molar-refractivity contribution in [3.8, 4) is 0 Å². The number of hydrogen-bond acceptors (Lipinski definition) is 2. The van der Waals surface area contributed by atoms with Crippen LogP contribution in [0.5, 0.6) is 0 Å². The van der Waals surface area contributed by atoms with Gasteiger partial charge in [-0.1, -0.05) is 26.0 Å². The van der Waals surface area contributed by atoms with Crippen molar-refractivity contribution in [3.63, 3.8) is 0 Å². The summed E-state index contributed by atoms with van der Waals surface area (Å²) >= 11 is 0. The number of allylic oxidation sites excluding steroid dienone is 1. The van der Waals surface area contributed by atoms with E-state index in [1.807, 2.05) is 25.7 Å². The van der Waals surface area contributed by atoms with Gasteiger partial charge in [-0.15, -0.1) is 24.0 Å². The molecule has 6 heteroatoms. The van der Waals surface area contributed by atoms with E-state index in [2.05, 4.69) is 59.6 Å². The maximum atomic E-state index is 4.56. The first-order valence-electron chi connectivity index (χ1n) is 7.54. The van der Waals surface area contributed by atoms with Gasteiger partial charge >= 0.3 is 0 Å². The van der Waals surface area contributed by atoms with Crippen molar-refractivity contribution in [1.29, 1.82) is 0 Å². The third-order valence-corrected chi connectivity index (χ3v) is 3.29. The number of hydrogen-bond donors (Lipinski definition) is 1. The molecule has 1 N–H and O–H groups in total. The number of aryl methyl sites for hydroxylation is 1. The highest BCUT2D eigenvalue weighted by molar-refractivity contribution is 14.0. The molecule has 0 amide bonds. The number of halogens is 1. The van der Waals surface area contributed by atoms with Crippen molar-refractivity contribution in [2.45, 2.75) is 39.7 Å². The first kappa shape index (κ1) is 20.9. The summed E-state index contributed by atoms with van der Waals surface area (Å²) in [5, 5.41) is 7.93. The molecule has 0 radical (unpaired) electrons. The third-order valence-electron chi connectivity index (χ3n) is 3.29. The van der Waals surface area contributed by atoms with Gasteiger partial charge in [0.25, 0.3) is 0 Å². The smallest absolute Gasteiger partial charge is 0.193 e. The number of rotatable bonds is 6. The van der Waals surface area contributed by atoms with Crippen molar-refractivity contribution in [3.05, 3.63) is 29.6 Å². The zero-order valence-electron chi connectivity index (χ0n) is 14.6. The molecule has 0 atom stereocenters. The van der Waals surface area contributed by atoms with Gasteiger partial charge in [-0.05, 0) is 19.3 Å². The predicted octanol–water partition coefficient (Wildman–Crippen LogP) is 3.13. The monoisotopic (exact) mass is 419 g/mol. The molecular weight excluding hydrogens is 389 g/mol. The van der Waals surface area contributed by atoms with Crippen molar-refractivity contribution in [2.75, 3.05) is 20.6 Å². The molecule has 0 spiro atoms. The van der Waals surface area contributed by atoms with E-state index in [1.165, 1.54) is 5.56 Å². The molecule has 0 saturated heterocycles. The van der Waals surface area contributed by atoms with Crippen LogP contribution in [0.4, 0.5) is 0 Å². The fourth-order valence-corrected chi connectivity index (χ4v) is 2.31. The van der Waals surface area contributed by atoms with E-state index in [9.17, 15) is 0 Å². The Balaban J connectivity index is 0.00000441. The van der Waals surface area contributed by atoms with Gasteiger partial charge in [0.2, 0.25) is 0 Å². The molecule has 5 nitrogen and oxygen atoms in total. The molecule has 0 aliphatic carbocycles. The van der Waals surface area contributed by atoms with Crippen LogP contribution in [-0.4, -0.2) is 41.3 Å². The van der Waals surface area contributed by atoms with E-state index in [0.29, 0.717) is 5.92 Å². The summed E-state index contributed by atoms with van der Waals surface area (Å²) in [5.41, 5.74) is 2.42. The highest BCUT2D eigenvalue weighted by atomic mass is 127. The van der Waals surface area contributed by atoms with E-state index >= 15 is 0 Å². The van der Waals surface area contributed by atoms with Gasteiger partial charge in [-0.25, -0.2) is 0 Å². The molecule has 0 aliphatic heterocycles. The van der Waals surface area contributed by atoms with E-state index in [1.54, 1.807) is 0 Å². The predicted molar refractivity (Wildman–Crippen MR) is 105 cm³/mol. The van der Waals surface area contributed by atoms with E-state index in [0.717, 1.165) is 31.2 Å². The summed E-state index contributed by atoms with van der Waals surface area (Å²) in [7, 11) is 5.85. The Morgan fingerprint density at radius 1 is 1.50 bits per heavy atom. The lowest BCUT2D eigenvalue weighted by Gasteiger charge is -2.22. The van der Waals surface area contributed by atoms with Gasteiger partial charge in [-0.2, -0.15) is 5.10 Å². The first-order chi connectivity index (χ1) is 9.99. The molecule has 0 saturated carbocycles. The summed E-state index contributed by atoms with van der Waals surface area (Å²) in [6.07, 6.45) is 7.32. The Morgan fingerprint density at radius 2 is 2.18 bits per heavy atom. The zero-order valence-corrected chi connectivity index (χ0v) is 17.0. The quantitative estimate of drug-likeness (QED) is 0.253. The summed E-state index contributed by atoms with van der Waals surface area (Å²) in [6.45, 7) is 8.10. The molecule has 22 heavy (non-hydrogen) atoms. The summed E-state index contributed by atoms with van der Waals surface area (Å²) < 4.78 is 1.89. The van der Waals surface area contributed by atoms with Crippen LogP contribution in [0.3, 0.4) is 0 Å². The number of nitrogens with zero attached hydrogens (tertiary/aromatic N) is 4. The van der Waals surface area contributed by atoms with Crippen LogP contribution in [0.1, 0.15) is 44.4 Å². The van der Waals surface area contributed by atoms with Gasteiger partial charge in [-0.3, -0.25) is 9.67 Å². The number of nitrogens with one attached hydrogen (secondary N) is 1. The van der Waals surface area contributed by atoms with Crippen LogP contribution in [-0.2, 0) is 13.6 Å². The van der Waals surface area contributed by atoms with Crippen LogP contribution in [0.25, 0.3) is 0 Å². The minimum Gasteiger partial charge on any atom is -0.356 e. The second-order valence-electron chi connectivity index (χ2n) is 5.56. The van der Waals surface area contributed by atoms with E-state index in [4.69, 9.17) is 0 Å². The lowest BCUT2D eigenvalue weighted by atomic mass is 10.1. The fourth-order valence-electron chi connectivity index (χ4n) is 2.31. The summed E-state index contributed by atoms with van der Waals surface area (Å²) in [4.78, 5) is 6.48. The molecule has 0 fully saturated rings. The van der Waals surface area contributed by atoms with Crippen LogP contribution < -0.4 is 5.32 Å². The van der Waals surface area contributed by atoms with Crippen LogP contribution in [0.2, 0.25) is 0 Å². The van der Waals surface area contributed by atoms with Crippen molar-refractivity contribution >= 4 is 29.9 Å². The van der Waals surface area contributed by atoms with Gasteiger partial charge in [0.1, 0.15) is 0 Å². The Kier molecular flexibility index (Phi) is 10.1. The standard InChI is InChI=1S/C16H29N5.HI/c1-7-8-9-10-18-16(17-4)20(5)11-14-12-21(6)19-15(14)13(2)3;/h7-8,12-13H,9-11H2,1-6H3,(H,17,18);1H/b8-7+;. The third kappa shape index (κ3) is 6.37. The Bertz CT molecular complexity index is 491. The number of aliphatic imine (C=N–C) groups is 1. The Hall–Kier alpha value is -1.05. The lowest BCUT2D eigenvalue weighted by Crippen LogP contribution is -2.38. The SMILES string of the molecule is C/C=C/CCNC(=NC)N(C)Cc1cn(C)nc1C(C)C.I. The molecule has 1 rings (SSSR count). The fraction of sp³-hybridized carbons (Fsp3) is 0.625. The maximum Gasteiger partial charge on any atom is 0.193 e. The minimum absolute atomic E-state index is 0. The number of aromatic nitrogens is 2. The Morgan fingerprint density at radius 3 is 2.73 bits per heavy atom. The van der Waals surface area contributed by atoms with Crippen LogP contribution in [0.15, 0.2) is 23.3 Å². The van der Waals surface area contributed by atoms with Gasteiger partial charge in [0, 0.05) is 46.0 Å². The minimum atomic E-state index is 0. The summed E-state index contributed by atoms with van der Waals surface area (Å²) in [5.74, 6) is 1.34. The van der Waals surface area contributed by atoms with Crippen LogP contribution in [0, 0.1) is 0 Å². The second-order valence-corrected chi connectivity index (χ2v) is 5.56. The van der Waals surface area contributed by atoms with Gasteiger partial charge in [0.05, 0.1) is 5.69 Å². The van der Waals surface area contributed by atoms with Crippen molar-refractivity contribution in [1.82, 2.24) is 20.0 Å². The normalized spacial score (nSPS) is 11.9. The summed E-state index contributed by atoms with van der Waals surface area (Å²) in [6, 6.07) is 0. The molecule has 0 aromatic carbocycles. The second kappa shape index (κ2) is 10.6. The number of guanidine groups is 1. The van der Waals surface area contributed by atoms with Crippen LogP contribution >= 0.6 is 24.0 Å². The molecule has 0 bridgehead atoms. The molecule has 1 aromatic heterocycles. The lowest BCUT2D eigenvalue weighted by molar-refractivity contribution is 0.474. The molecule has 0 unspecified atom stereocenters. The van der Waals surface area contributed by atoms with Crippen molar-refractivity contribution < 1.29 is 0 Å². The Labute approximate surface area is 151 Å². The van der Waals surface area contributed by atoms with Crippen molar-refractivity contribution in [2.24, 2.45) is 12.0 Å². The maximum absolute atomic E-state index is 4.56. The van der Waals surface area contributed by atoms with Gasteiger partial charge in [0.15, 0.2) is 5.96 Å². The highest BCUT2D eigenvalue weighted by Gasteiger charge is 2.14. The van der Waals surface area contributed by atoms with Gasteiger partial charge < -0.3 is 10.2 Å². The first-order valence-corrected chi connectivity index (χ1v) is 7.54. The molecular formula is C16H30IN5. The topological polar surface area (TPSA) is 45.5 Å². The molecule has 0 aliphatic rings. The highest BCUT2D eigenvalue weighted by Crippen LogP contribution is 2.18. The average Bonchev–Trinajstić information content (AvgIpc) is 2.79. The molecule has 1 aromatic rings.